The summed E-state index contributed by atoms with van der Waals surface area (Å²) in [5.74, 6) is -0.0177. The molecule has 4 atom stereocenters. The zero-order valence-electron chi connectivity index (χ0n) is 6.47. The first-order valence-electron chi connectivity index (χ1n) is 3.77. The summed E-state index contributed by atoms with van der Waals surface area (Å²) in [6, 6.07) is 0. The molecular weight excluding hydrogens is 148 g/mol. The van der Waals surface area contributed by atoms with Gasteiger partial charge in [0.2, 0.25) is 0 Å². The highest BCUT2D eigenvalue weighted by atomic mass is 16.6. The minimum absolute atomic E-state index is 0.0177. The van der Waals surface area contributed by atoms with Gasteiger partial charge in [0.25, 0.3) is 0 Å². The molecule has 1 heterocycles. The Kier molecular flexibility index (Phi) is 2.84. The number of aliphatic hydroxyl groups is 3. The molecule has 0 aromatic carbocycles. The molecular formula is C7H14O4. The Morgan fingerprint density at radius 2 is 2.09 bits per heavy atom. The molecule has 1 aliphatic heterocycles. The van der Waals surface area contributed by atoms with Crippen LogP contribution in [0, 0.1) is 5.92 Å². The molecule has 4 nitrogen and oxygen atoms in total. The van der Waals surface area contributed by atoms with E-state index in [0.29, 0.717) is 6.42 Å². The molecule has 0 saturated carbocycles. The molecule has 0 aromatic heterocycles. The van der Waals surface area contributed by atoms with Crippen LogP contribution in [0.4, 0.5) is 0 Å². The first kappa shape index (κ1) is 8.93. The van der Waals surface area contributed by atoms with Gasteiger partial charge in [-0.2, -0.15) is 0 Å². The fourth-order valence-corrected chi connectivity index (χ4v) is 1.31. The van der Waals surface area contributed by atoms with Gasteiger partial charge in [-0.05, 0) is 5.92 Å². The molecule has 2 unspecified atom stereocenters. The van der Waals surface area contributed by atoms with Gasteiger partial charge in [0, 0.05) is 6.42 Å². The molecule has 0 radical (unpaired) electrons. The first-order valence-corrected chi connectivity index (χ1v) is 3.77. The van der Waals surface area contributed by atoms with Gasteiger partial charge in [0.1, 0.15) is 6.10 Å². The van der Waals surface area contributed by atoms with Crippen molar-refractivity contribution < 1.29 is 20.1 Å². The Balaban J connectivity index is 2.51. The van der Waals surface area contributed by atoms with Gasteiger partial charge < -0.3 is 20.1 Å². The van der Waals surface area contributed by atoms with Crippen molar-refractivity contribution in [1.82, 2.24) is 0 Å². The van der Waals surface area contributed by atoms with Crippen LogP contribution < -0.4 is 0 Å². The van der Waals surface area contributed by atoms with Crippen molar-refractivity contribution in [3.63, 3.8) is 0 Å². The van der Waals surface area contributed by atoms with Crippen LogP contribution in [0.2, 0.25) is 0 Å². The number of ether oxygens (including phenoxy) is 1. The van der Waals surface area contributed by atoms with Crippen LogP contribution in [0.3, 0.4) is 0 Å². The minimum atomic E-state index is -0.842. The van der Waals surface area contributed by atoms with Crippen LogP contribution in [0.5, 0.6) is 0 Å². The van der Waals surface area contributed by atoms with Gasteiger partial charge in [-0.3, -0.25) is 0 Å². The van der Waals surface area contributed by atoms with E-state index in [1.165, 1.54) is 0 Å². The van der Waals surface area contributed by atoms with Gasteiger partial charge >= 0.3 is 0 Å². The SMILES string of the molecule is CC1C[C@@H](O)OC(CO)[C@H]1O. The lowest BCUT2D eigenvalue weighted by atomic mass is 9.94. The second-order valence-corrected chi connectivity index (χ2v) is 3.02. The standard InChI is InChI=1S/C7H14O4/c1-4-2-6(9)11-5(3-8)7(4)10/h4-10H,2-3H2,1H3/t4?,5?,6-,7-/m0/s1. The van der Waals surface area contributed by atoms with Crippen LogP contribution in [0.25, 0.3) is 0 Å². The lowest BCUT2D eigenvalue weighted by Gasteiger charge is -2.34. The zero-order chi connectivity index (χ0) is 8.43. The molecule has 0 aliphatic carbocycles. The Bertz CT molecular complexity index is 128. The fraction of sp³-hybridized carbons (Fsp3) is 1.00. The predicted molar refractivity (Wildman–Crippen MR) is 37.8 cm³/mol. The van der Waals surface area contributed by atoms with E-state index in [0.717, 1.165) is 0 Å². The molecule has 1 rings (SSSR count). The Morgan fingerprint density at radius 1 is 1.45 bits per heavy atom. The second-order valence-electron chi connectivity index (χ2n) is 3.02. The molecule has 4 heteroatoms. The second kappa shape index (κ2) is 3.49. The molecule has 0 spiro atoms. The Labute approximate surface area is 65.4 Å². The third kappa shape index (κ3) is 1.90. The van der Waals surface area contributed by atoms with Crippen molar-refractivity contribution in [2.45, 2.75) is 31.8 Å². The summed E-state index contributed by atoms with van der Waals surface area (Å²) in [7, 11) is 0. The zero-order valence-corrected chi connectivity index (χ0v) is 6.47. The molecule has 1 fully saturated rings. The summed E-state index contributed by atoms with van der Waals surface area (Å²) in [6.07, 6.45) is -1.71. The van der Waals surface area contributed by atoms with Crippen molar-refractivity contribution in [2.24, 2.45) is 5.92 Å². The quantitative estimate of drug-likeness (QED) is 0.466. The number of hydrogen-bond donors (Lipinski definition) is 3. The molecule has 66 valence electrons. The highest BCUT2D eigenvalue weighted by Crippen LogP contribution is 2.23. The molecule has 11 heavy (non-hydrogen) atoms. The monoisotopic (exact) mass is 162 g/mol. The van der Waals surface area contributed by atoms with Crippen LogP contribution in [-0.2, 0) is 4.74 Å². The van der Waals surface area contributed by atoms with Crippen molar-refractivity contribution in [2.75, 3.05) is 6.61 Å². The minimum Gasteiger partial charge on any atom is -0.394 e. The predicted octanol–water partition coefficient (Wildman–Crippen LogP) is -0.917. The molecule has 3 N–H and O–H groups in total. The topological polar surface area (TPSA) is 69.9 Å². The van der Waals surface area contributed by atoms with E-state index >= 15 is 0 Å². The molecule has 0 bridgehead atoms. The molecule has 0 amide bonds. The average Bonchev–Trinajstić information content (AvgIpc) is 1.96. The third-order valence-electron chi connectivity index (χ3n) is 2.05. The maximum Gasteiger partial charge on any atom is 0.155 e. The van der Waals surface area contributed by atoms with E-state index in [1.807, 2.05) is 6.92 Å². The molecule has 1 aliphatic rings. The first-order chi connectivity index (χ1) is 5.15. The van der Waals surface area contributed by atoms with Gasteiger partial charge in [-0.1, -0.05) is 6.92 Å². The van der Waals surface area contributed by atoms with Crippen LogP contribution >= 0.6 is 0 Å². The van der Waals surface area contributed by atoms with E-state index in [-0.39, 0.29) is 12.5 Å². The van der Waals surface area contributed by atoms with Gasteiger partial charge in [-0.15, -0.1) is 0 Å². The van der Waals surface area contributed by atoms with Crippen molar-refractivity contribution in [1.29, 1.82) is 0 Å². The fourth-order valence-electron chi connectivity index (χ4n) is 1.31. The normalized spacial score (nSPS) is 45.8. The number of rotatable bonds is 1. The largest absolute Gasteiger partial charge is 0.394 e. The lowest BCUT2D eigenvalue weighted by molar-refractivity contribution is -0.224. The maximum atomic E-state index is 9.36. The summed E-state index contributed by atoms with van der Waals surface area (Å²) >= 11 is 0. The highest BCUT2D eigenvalue weighted by molar-refractivity contribution is 4.79. The van der Waals surface area contributed by atoms with Gasteiger partial charge in [0.15, 0.2) is 6.29 Å². The van der Waals surface area contributed by atoms with E-state index in [2.05, 4.69) is 0 Å². The average molecular weight is 162 g/mol. The summed E-state index contributed by atoms with van der Waals surface area (Å²) in [5.41, 5.74) is 0. The maximum absolute atomic E-state index is 9.36. The van der Waals surface area contributed by atoms with Gasteiger partial charge in [-0.25, -0.2) is 0 Å². The van der Waals surface area contributed by atoms with E-state index in [1.54, 1.807) is 0 Å². The lowest BCUT2D eigenvalue weighted by Crippen LogP contribution is -2.45. The molecule has 1 saturated heterocycles. The van der Waals surface area contributed by atoms with Crippen molar-refractivity contribution >= 4 is 0 Å². The Hall–Kier alpha value is -0.160. The summed E-state index contributed by atoms with van der Waals surface area (Å²) < 4.78 is 4.87. The molecule has 0 aromatic rings. The van der Waals surface area contributed by atoms with Crippen LogP contribution in [0.15, 0.2) is 0 Å². The Morgan fingerprint density at radius 3 is 2.64 bits per heavy atom. The van der Waals surface area contributed by atoms with Gasteiger partial charge in [0.05, 0.1) is 12.7 Å². The summed E-state index contributed by atoms with van der Waals surface area (Å²) in [6.45, 7) is 1.57. The van der Waals surface area contributed by atoms with E-state index in [9.17, 15) is 5.11 Å². The summed E-state index contributed by atoms with van der Waals surface area (Å²) in [5, 5.41) is 27.1. The van der Waals surface area contributed by atoms with Crippen molar-refractivity contribution in [3.8, 4) is 0 Å². The van der Waals surface area contributed by atoms with E-state index in [4.69, 9.17) is 14.9 Å². The third-order valence-corrected chi connectivity index (χ3v) is 2.05. The number of aliphatic hydroxyl groups excluding tert-OH is 3. The number of hydrogen-bond acceptors (Lipinski definition) is 4. The van der Waals surface area contributed by atoms with E-state index < -0.39 is 18.5 Å². The highest BCUT2D eigenvalue weighted by Gasteiger charge is 2.33. The van der Waals surface area contributed by atoms with Crippen molar-refractivity contribution in [3.05, 3.63) is 0 Å². The van der Waals surface area contributed by atoms with Crippen LogP contribution in [-0.4, -0.2) is 40.4 Å². The van der Waals surface area contributed by atoms with Crippen LogP contribution in [0.1, 0.15) is 13.3 Å². The smallest absolute Gasteiger partial charge is 0.155 e. The summed E-state index contributed by atoms with van der Waals surface area (Å²) in [4.78, 5) is 0.